The summed E-state index contributed by atoms with van der Waals surface area (Å²) in [6.45, 7) is 0. The van der Waals surface area contributed by atoms with Crippen LogP contribution in [0.5, 0.6) is 11.5 Å². The van der Waals surface area contributed by atoms with Crippen LogP contribution in [0.15, 0.2) is 68.9 Å². The fraction of sp³-hybridized carbons (Fsp3) is 0.150. The van der Waals surface area contributed by atoms with E-state index in [-0.39, 0.29) is 18.0 Å². The summed E-state index contributed by atoms with van der Waals surface area (Å²) in [6, 6.07) is 15.6. The second kappa shape index (κ2) is 6.14. The van der Waals surface area contributed by atoms with Crippen LogP contribution in [-0.4, -0.2) is 15.8 Å². The molecule has 0 saturated carbocycles. The van der Waals surface area contributed by atoms with Crippen molar-refractivity contribution in [3.8, 4) is 11.5 Å². The highest BCUT2D eigenvalue weighted by atomic mass is 79.9. The molecular weight excluding hydrogens is 412 g/mol. The number of hydrogen-bond donors (Lipinski definition) is 1. The Morgan fingerprint density at radius 1 is 1.19 bits per heavy atom. The number of thiophene rings is 1. The third-order valence-corrected chi connectivity index (χ3v) is 5.99. The number of rotatable bonds is 2. The van der Waals surface area contributed by atoms with Gasteiger partial charge in [0.1, 0.15) is 11.5 Å². The van der Waals surface area contributed by atoms with E-state index in [4.69, 9.17) is 9.84 Å². The number of nitrogens with zero attached hydrogens (tertiary/aromatic N) is 2. The fourth-order valence-electron chi connectivity index (χ4n) is 3.57. The van der Waals surface area contributed by atoms with Crippen molar-refractivity contribution in [2.24, 2.45) is 5.10 Å². The van der Waals surface area contributed by atoms with Crippen LogP contribution in [0.3, 0.4) is 0 Å². The molecule has 3 heterocycles. The molecule has 4 nitrogen and oxygen atoms in total. The molecule has 0 fully saturated rings. The minimum Gasteiger partial charge on any atom is -0.507 e. The van der Waals surface area contributed by atoms with E-state index in [1.54, 1.807) is 17.4 Å². The van der Waals surface area contributed by atoms with E-state index in [1.165, 1.54) is 0 Å². The van der Waals surface area contributed by atoms with E-state index in [9.17, 15) is 5.11 Å². The Labute approximate surface area is 163 Å². The molecule has 2 aromatic carbocycles. The van der Waals surface area contributed by atoms with E-state index in [2.05, 4.69) is 38.8 Å². The molecule has 0 amide bonds. The molecule has 0 radical (unpaired) electrons. The first-order chi connectivity index (χ1) is 12.7. The Bertz CT molecular complexity index is 1000. The fourth-order valence-corrected chi connectivity index (χ4v) is 4.62. The van der Waals surface area contributed by atoms with E-state index in [0.29, 0.717) is 0 Å². The van der Waals surface area contributed by atoms with Crippen LogP contribution < -0.4 is 4.74 Å². The van der Waals surface area contributed by atoms with Crippen molar-refractivity contribution in [1.29, 1.82) is 0 Å². The maximum atomic E-state index is 10.3. The molecule has 1 aromatic heterocycles. The minimum absolute atomic E-state index is 0.0794. The molecule has 0 spiro atoms. The molecule has 6 heteroatoms. The summed E-state index contributed by atoms with van der Waals surface area (Å²) in [7, 11) is 0. The number of para-hydroxylation sites is 1. The highest BCUT2D eigenvalue weighted by Crippen LogP contribution is 2.48. The largest absolute Gasteiger partial charge is 0.507 e. The lowest BCUT2D eigenvalue weighted by molar-refractivity contribution is -0.0188. The predicted molar refractivity (Wildman–Crippen MR) is 106 cm³/mol. The molecule has 3 aromatic rings. The van der Waals surface area contributed by atoms with Crippen molar-refractivity contribution >= 4 is 33.0 Å². The van der Waals surface area contributed by atoms with Crippen LogP contribution in [0.1, 0.15) is 35.4 Å². The summed E-state index contributed by atoms with van der Waals surface area (Å²) in [4.78, 5) is 0. The summed E-state index contributed by atoms with van der Waals surface area (Å²) in [5.41, 5.74) is 3.86. The average molecular weight is 427 g/mol. The third-order valence-electron chi connectivity index (χ3n) is 4.80. The summed E-state index contributed by atoms with van der Waals surface area (Å²) in [6.07, 6.45) is 0.466. The number of hydrazone groups is 1. The number of ether oxygens (including phenoxy) is 1. The smallest absolute Gasteiger partial charge is 0.214 e. The first kappa shape index (κ1) is 15.9. The zero-order valence-corrected chi connectivity index (χ0v) is 16.1. The van der Waals surface area contributed by atoms with Gasteiger partial charge in [-0.3, -0.25) is 0 Å². The Hall–Kier alpha value is -2.31. The van der Waals surface area contributed by atoms with Gasteiger partial charge in [0.2, 0.25) is 6.23 Å². The molecular formula is C20H15BrN2O2S. The van der Waals surface area contributed by atoms with Crippen LogP contribution in [-0.2, 0) is 0 Å². The van der Waals surface area contributed by atoms with Crippen molar-refractivity contribution in [3.05, 3.63) is 80.5 Å². The Balaban J connectivity index is 1.62. The average Bonchev–Trinajstić information content (AvgIpc) is 3.32. The third kappa shape index (κ3) is 2.52. The zero-order valence-electron chi connectivity index (χ0n) is 13.7. The molecule has 2 aliphatic rings. The second-order valence-corrected chi connectivity index (χ2v) is 8.07. The molecule has 0 unspecified atom stereocenters. The lowest BCUT2D eigenvalue weighted by atomic mass is 9.96. The van der Waals surface area contributed by atoms with Crippen LogP contribution in [0.25, 0.3) is 0 Å². The van der Waals surface area contributed by atoms with Crippen molar-refractivity contribution in [2.75, 3.05) is 0 Å². The van der Waals surface area contributed by atoms with Gasteiger partial charge in [-0.25, -0.2) is 5.01 Å². The summed E-state index contributed by atoms with van der Waals surface area (Å²) >= 11 is 5.21. The second-order valence-electron chi connectivity index (χ2n) is 6.37. The minimum atomic E-state index is -0.261. The van der Waals surface area contributed by atoms with Gasteiger partial charge < -0.3 is 9.84 Å². The van der Waals surface area contributed by atoms with Crippen molar-refractivity contribution < 1.29 is 9.84 Å². The monoisotopic (exact) mass is 426 g/mol. The van der Waals surface area contributed by atoms with Gasteiger partial charge in [0, 0.05) is 27.6 Å². The lowest BCUT2D eigenvalue weighted by Crippen LogP contribution is -2.33. The van der Waals surface area contributed by atoms with Gasteiger partial charge in [0.05, 0.1) is 11.8 Å². The van der Waals surface area contributed by atoms with Crippen LogP contribution in [0, 0.1) is 0 Å². The van der Waals surface area contributed by atoms with Gasteiger partial charge in [-0.1, -0.05) is 28.1 Å². The zero-order chi connectivity index (χ0) is 17.7. The number of aromatic hydroxyl groups is 1. The van der Waals surface area contributed by atoms with Crippen LogP contribution in [0.4, 0.5) is 0 Å². The van der Waals surface area contributed by atoms with Gasteiger partial charge in [0.15, 0.2) is 0 Å². The molecule has 5 rings (SSSR count). The lowest BCUT2D eigenvalue weighted by Gasteiger charge is -2.37. The van der Waals surface area contributed by atoms with Gasteiger partial charge >= 0.3 is 0 Å². The van der Waals surface area contributed by atoms with Gasteiger partial charge in [-0.05, 0) is 47.2 Å². The van der Waals surface area contributed by atoms with E-state index in [0.717, 1.165) is 39.0 Å². The summed E-state index contributed by atoms with van der Waals surface area (Å²) in [5.74, 6) is 1.15. The number of halogens is 1. The van der Waals surface area contributed by atoms with Crippen LogP contribution in [0.2, 0.25) is 0 Å². The van der Waals surface area contributed by atoms with E-state index < -0.39 is 0 Å². The summed E-state index contributed by atoms with van der Waals surface area (Å²) in [5, 5.41) is 21.3. The topological polar surface area (TPSA) is 45.1 Å². The Kier molecular flexibility index (Phi) is 3.76. The highest BCUT2D eigenvalue weighted by Gasteiger charge is 2.41. The van der Waals surface area contributed by atoms with Crippen LogP contribution >= 0.6 is 27.3 Å². The molecule has 1 N–H and O–H groups in total. The normalized spacial score (nSPS) is 21.0. The molecule has 130 valence electrons. The maximum Gasteiger partial charge on any atom is 0.214 e. The van der Waals surface area contributed by atoms with Gasteiger partial charge in [0.25, 0.3) is 0 Å². The number of hydrogen-bond acceptors (Lipinski definition) is 5. The Morgan fingerprint density at radius 3 is 2.88 bits per heavy atom. The van der Waals surface area contributed by atoms with Crippen molar-refractivity contribution in [1.82, 2.24) is 5.01 Å². The van der Waals surface area contributed by atoms with E-state index in [1.807, 2.05) is 35.3 Å². The highest BCUT2D eigenvalue weighted by molar-refractivity contribution is 9.10. The molecule has 0 bridgehead atoms. The first-order valence-electron chi connectivity index (χ1n) is 8.33. The summed E-state index contributed by atoms with van der Waals surface area (Å²) < 4.78 is 7.32. The van der Waals surface area contributed by atoms with Gasteiger partial charge in [-0.2, -0.15) is 16.4 Å². The number of phenols is 1. The van der Waals surface area contributed by atoms with E-state index >= 15 is 0 Å². The number of benzene rings is 2. The van der Waals surface area contributed by atoms with Crippen molar-refractivity contribution in [3.63, 3.8) is 0 Å². The Morgan fingerprint density at radius 2 is 2.08 bits per heavy atom. The maximum absolute atomic E-state index is 10.3. The molecule has 0 aliphatic carbocycles. The number of fused-ring (bicyclic) bond motifs is 3. The quantitative estimate of drug-likeness (QED) is 0.591. The standard InChI is InChI=1S/C20H15BrN2O2S/c21-13-5-6-19-15(9-13)17-10-16(14-3-1-2-4-18(14)24)22-23(17)20(25-19)12-7-8-26-11-12/h1-9,11,17,20,24H,10H2/t17-,20+/m0/s1. The molecule has 2 atom stereocenters. The van der Waals surface area contributed by atoms with Gasteiger partial charge in [-0.15, -0.1) is 0 Å². The number of phenolic OH excluding ortho intramolecular Hbond substituents is 1. The SMILES string of the molecule is Oc1ccccc1C1=NN2[C@@H](c3ccsc3)Oc3ccc(Br)cc3[C@@H]2C1. The predicted octanol–water partition coefficient (Wildman–Crippen LogP) is 5.46. The first-order valence-corrected chi connectivity index (χ1v) is 10.1. The molecule has 26 heavy (non-hydrogen) atoms. The van der Waals surface area contributed by atoms with Crippen molar-refractivity contribution in [2.45, 2.75) is 18.7 Å². The molecule has 2 aliphatic heterocycles. The molecule has 0 saturated heterocycles.